The van der Waals surface area contributed by atoms with Gasteiger partial charge in [0.2, 0.25) is 5.91 Å². The van der Waals surface area contributed by atoms with Gasteiger partial charge in [0.15, 0.2) is 0 Å². The van der Waals surface area contributed by atoms with Crippen molar-refractivity contribution in [3.8, 4) is 0 Å². The van der Waals surface area contributed by atoms with Crippen molar-refractivity contribution in [2.45, 2.75) is 26.3 Å². The Bertz CT molecular complexity index is 192. The Morgan fingerprint density at radius 2 is 2.14 bits per heavy atom. The van der Waals surface area contributed by atoms with Gasteiger partial charge >= 0.3 is 0 Å². The van der Waals surface area contributed by atoms with Gasteiger partial charge in [-0.2, -0.15) is 0 Å². The number of likely N-dealkylation sites (N-methyl/N-ethyl adjacent to an activating group) is 1. The molecule has 2 N–H and O–H groups in total. The van der Waals surface area contributed by atoms with E-state index >= 15 is 0 Å². The fourth-order valence-electron chi connectivity index (χ4n) is 1.79. The van der Waals surface area contributed by atoms with E-state index in [2.05, 4.69) is 18.7 Å². The molecule has 0 aromatic carbocycles. The minimum absolute atomic E-state index is 0.122. The number of carbonyl (C=O) groups excluding carboxylic acids is 1. The molecule has 0 bridgehead atoms. The second-order valence-electron chi connectivity index (χ2n) is 3.75. The van der Waals surface area contributed by atoms with Gasteiger partial charge in [0.05, 0.1) is 6.04 Å². The van der Waals surface area contributed by atoms with Gasteiger partial charge in [0.1, 0.15) is 0 Å². The second-order valence-corrected chi connectivity index (χ2v) is 3.75. The lowest BCUT2D eigenvalue weighted by molar-refractivity contribution is -0.128. The molecule has 1 saturated heterocycles. The van der Waals surface area contributed by atoms with Gasteiger partial charge in [0, 0.05) is 19.6 Å². The summed E-state index contributed by atoms with van der Waals surface area (Å²) < 4.78 is 0. The summed E-state index contributed by atoms with van der Waals surface area (Å²) in [6, 6.07) is -0.244. The average molecular weight is 199 g/mol. The number of carbonyl (C=O) groups is 1. The lowest BCUT2D eigenvalue weighted by Gasteiger charge is -2.22. The van der Waals surface area contributed by atoms with E-state index in [0.717, 1.165) is 39.1 Å². The Labute approximate surface area is 86.0 Å². The number of hydrogen-bond acceptors (Lipinski definition) is 3. The lowest BCUT2D eigenvalue weighted by Crippen LogP contribution is -2.39. The van der Waals surface area contributed by atoms with Crippen molar-refractivity contribution < 1.29 is 4.79 Å². The summed E-state index contributed by atoms with van der Waals surface area (Å²) in [7, 11) is 0. The lowest BCUT2D eigenvalue weighted by atomic mass is 10.3. The molecule has 14 heavy (non-hydrogen) atoms. The number of nitrogens with zero attached hydrogens (tertiary/aromatic N) is 2. The molecule has 0 aromatic heterocycles. The van der Waals surface area contributed by atoms with Crippen LogP contribution in [-0.2, 0) is 4.79 Å². The van der Waals surface area contributed by atoms with Gasteiger partial charge in [-0.25, -0.2) is 0 Å². The predicted octanol–water partition coefficient (Wildman–Crippen LogP) is -0.112. The molecule has 0 aromatic rings. The van der Waals surface area contributed by atoms with E-state index in [1.807, 2.05) is 4.90 Å². The van der Waals surface area contributed by atoms with Gasteiger partial charge in [-0.15, -0.1) is 0 Å². The Balaban J connectivity index is 2.28. The van der Waals surface area contributed by atoms with Gasteiger partial charge in [-0.1, -0.05) is 13.8 Å². The van der Waals surface area contributed by atoms with Gasteiger partial charge in [-0.05, 0) is 19.5 Å². The minimum Gasteiger partial charge on any atom is -0.340 e. The largest absolute Gasteiger partial charge is 0.340 e. The third-order valence-corrected chi connectivity index (χ3v) is 2.92. The summed E-state index contributed by atoms with van der Waals surface area (Å²) in [6.45, 7) is 9.00. The van der Waals surface area contributed by atoms with Crippen LogP contribution >= 0.6 is 0 Å². The molecule has 1 unspecified atom stereocenters. The van der Waals surface area contributed by atoms with Crippen LogP contribution in [0, 0.1) is 0 Å². The highest BCUT2D eigenvalue weighted by Crippen LogP contribution is 2.08. The van der Waals surface area contributed by atoms with E-state index in [-0.39, 0.29) is 11.9 Å². The highest BCUT2D eigenvalue weighted by molar-refractivity contribution is 5.83. The SMILES string of the molecule is CCN(CC)CCN1CCC(N)C1=O. The quantitative estimate of drug-likeness (QED) is 0.672. The molecule has 0 radical (unpaired) electrons. The predicted molar refractivity (Wildman–Crippen MR) is 57.0 cm³/mol. The maximum Gasteiger partial charge on any atom is 0.239 e. The standard InChI is InChI=1S/C10H21N3O/c1-3-12(4-2)7-8-13-6-5-9(11)10(13)14/h9H,3-8,11H2,1-2H3. The van der Waals surface area contributed by atoms with E-state index in [4.69, 9.17) is 5.73 Å². The van der Waals surface area contributed by atoms with Crippen LogP contribution in [0.25, 0.3) is 0 Å². The Morgan fingerprint density at radius 1 is 1.50 bits per heavy atom. The van der Waals surface area contributed by atoms with Crippen LogP contribution in [-0.4, -0.2) is 54.5 Å². The monoisotopic (exact) mass is 199 g/mol. The molecule has 1 heterocycles. The normalized spacial score (nSPS) is 22.4. The molecule has 82 valence electrons. The first-order valence-electron chi connectivity index (χ1n) is 5.45. The number of likely N-dealkylation sites (tertiary alicyclic amines) is 1. The van der Waals surface area contributed by atoms with E-state index in [0.29, 0.717) is 0 Å². The second kappa shape index (κ2) is 5.32. The van der Waals surface area contributed by atoms with Gasteiger partial charge in [-0.3, -0.25) is 4.79 Å². The van der Waals surface area contributed by atoms with Crippen molar-refractivity contribution in [1.82, 2.24) is 9.80 Å². The number of rotatable bonds is 5. The van der Waals surface area contributed by atoms with Crippen LogP contribution in [0.15, 0.2) is 0 Å². The van der Waals surface area contributed by atoms with Gasteiger partial charge in [0.25, 0.3) is 0 Å². The fraction of sp³-hybridized carbons (Fsp3) is 0.900. The van der Waals surface area contributed by atoms with E-state index in [1.165, 1.54) is 0 Å². The molecule has 1 amide bonds. The maximum absolute atomic E-state index is 11.5. The van der Waals surface area contributed by atoms with Crippen LogP contribution < -0.4 is 5.73 Å². The molecule has 1 aliphatic rings. The number of amides is 1. The summed E-state index contributed by atoms with van der Waals surface area (Å²) in [6.07, 6.45) is 0.817. The third-order valence-electron chi connectivity index (χ3n) is 2.92. The molecular formula is C10H21N3O. The van der Waals surface area contributed by atoms with E-state index in [9.17, 15) is 4.79 Å². The third kappa shape index (κ3) is 2.69. The summed E-state index contributed by atoms with van der Waals surface area (Å²) in [4.78, 5) is 15.7. The maximum atomic E-state index is 11.5. The van der Waals surface area contributed by atoms with Crippen molar-refractivity contribution in [2.75, 3.05) is 32.7 Å². The first-order chi connectivity index (χ1) is 6.69. The number of nitrogens with two attached hydrogens (primary N) is 1. The van der Waals surface area contributed by atoms with Crippen molar-refractivity contribution in [1.29, 1.82) is 0 Å². The zero-order chi connectivity index (χ0) is 10.6. The highest BCUT2D eigenvalue weighted by Gasteiger charge is 2.27. The van der Waals surface area contributed by atoms with Crippen molar-refractivity contribution in [2.24, 2.45) is 5.73 Å². The topological polar surface area (TPSA) is 49.6 Å². The van der Waals surface area contributed by atoms with Crippen LogP contribution in [0.1, 0.15) is 20.3 Å². The van der Waals surface area contributed by atoms with E-state index in [1.54, 1.807) is 0 Å². The molecule has 4 nitrogen and oxygen atoms in total. The Hall–Kier alpha value is -0.610. The van der Waals surface area contributed by atoms with Crippen molar-refractivity contribution in [3.05, 3.63) is 0 Å². The molecule has 0 saturated carbocycles. The minimum atomic E-state index is -0.244. The highest BCUT2D eigenvalue weighted by atomic mass is 16.2. The molecule has 1 aliphatic heterocycles. The van der Waals surface area contributed by atoms with E-state index < -0.39 is 0 Å². The summed E-state index contributed by atoms with van der Waals surface area (Å²) in [5.74, 6) is 0.122. The first kappa shape index (κ1) is 11.5. The molecule has 1 fully saturated rings. The zero-order valence-corrected chi connectivity index (χ0v) is 9.20. The molecule has 1 atom stereocenters. The van der Waals surface area contributed by atoms with Crippen molar-refractivity contribution in [3.63, 3.8) is 0 Å². The molecule has 0 spiro atoms. The van der Waals surface area contributed by atoms with Crippen LogP contribution in [0.3, 0.4) is 0 Å². The molecule has 0 aliphatic carbocycles. The smallest absolute Gasteiger partial charge is 0.239 e. The zero-order valence-electron chi connectivity index (χ0n) is 9.20. The summed E-state index contributed by atoms with van der Waals surface area (Å²) in [5.41, 5.74) is 5.64. The number of hydrogen-bond donors (Lipinski definition) is 1. The fourth-order valence-corrected chi connectivity index (χ4v) is 1.79. The molecular weight excluding hydrogens is 178 g/mol. The average Bonchev–Trinajstić information content (AvgIpc) is 2.51. The van der Waals surface area contributed by atoms with Crippen LogP contribution in [0.2, 0.25) is 0 Å². The first-order valence-corrected chi connectivity index (χ1v) is 5.45. The van der Waals surface area contributed by atoms with Crippen LogP contribution in [0.4, 0.5) is 0 Å². The molecule has 1 rings (SSSR count). The summed E-state index contributed by atoms with van der Waals surface area (Å²) in [5, 5.41) is 0. The van der Waals surface area contributed by atoms with Gasteiger partial charge < -0.3 is 15.5 Å². The van der Waals surface area contributed by atoms with Crippen molar-refractivity contribution >= 4 is 5.91 Å². The summed E-state index contributed by atoms with van der Waals surface area (Å²) >= 11 is 0. The molecule has 4 heteroatoms. The Kier molecular flexibility index (Phi) is 4.35. The Morgan fingerprint density at radius 3 is 2.57 bits per heavy atom. The van der Waals surface area contributed by atoms with Crippen LogP contribution in [0.5, 0.6) is 0 Å².